The Balaban J connectivity index is 1.93. The van der Waals surface area contributed by atoms with Crippen molar-refractivity contribution < 1.29 is 14.6 Å². The Labute approximate surface area is 121 Å². The number of aliphatic hydroxyl groups excluding tert-OH is 1. The van der Waals surface area contributed by atoms with Crippen molar-refractivity contribution in [1.82, 2.24) is 4.90 Å². The standard InChI is InChI=1S/C13H15Cl2NO3/c1-8(13(18)16-5-9(6-16)7-17)19-12-3-2-10(14)4-11(12)15/h2-4,8-9,17H,5-7H2,1H3. The first-order valence-electron chi connectivity index (χ1n) is 6.02. The smallest absolute Gasteiger partial charge is 0.263 e. The number of benzene rings is 1. The van der Waals surface area contributed by atoms with E-state index in [9.17, 15) is 4.79 Å². The molecule has 19 heavy (non-hydrogen) atoms. The number of amides is 1. The summed E-state index contributed by atoms with van der Waals surface area (Å²) in [4.78, 5) is 13.7. The molecular weight excluding hydrogens is 289 g/mol. The van der Waals surface area contributed by atoms with Crippen LogP contribution in [0.15, 0.2) is 18.2 Å². The van der Waals surface area contributed by atoms with Gasteiger partial charge in [-0.25, -0.2) is 0 Å². The van der Waals surface area contributed by atoms with Crippen molar-refractivity contribution >= 4 is 29.1 Å². The molecule has 104 valence electrons. The second-order valence-corrected chi connectivity index (χ2v) is 5.47. The Bertz CT molecular complexity index is 475. The molecule has 1 N–H and O–H groups in total. The second kappa shape index (κ2) is 5.99. The lowest BCUT2D eigenvalue weighted by Crippen LogP contribution is -2.54. The molecule has 6 heteroatoms. The van der Waals surface area contributed by atoms with Crippen molar-refractivity contribution in [3.05, 3.63) is 28.2 Å². The van der Waals surface area contributed by atoms with Gasteiger partial charge in [0.05, 0.1) is 5.02 Å². The predicted octanol–water partition coefficient (Wildman–Crippen LogP) is 2.21. The Hall–Kier alpha value is -0.970. The van der Waals surface area contributed by atoms with Crippen LogP contribution in [-0.2, 0) is 4.79 Å². The van der Waals surface area contributed by atoms with Crippen molar-refractivity contribution in [2.75, 3.05) is 19.7 Å². The fourth-order valence-corrected chi connectivity index (χ4v) is 2.39. The zero-order chi connectivity index (χ0) is 14.0. The minimum atomic E-state index is -0.613. The van der Waals surface area contributed by atoms with Crippen LogP contribution in [0.1, 0.15) is 6.92 Å². The highest BCUT2D eigenvalue weighted by Gasteiger charge is 2.33. The molecule has 1 heterocycles. The fraction of sp³-hybridized carbons (Fsp3) is 0.462. The molecule has 1 aromatic rings. The lowest BCUT2D eigenvalue weighted by atomic mass is 10.0. The molecule has 1 atom stereocenters. The second-order valence-electron chi connectivity index (χ2n) is 4.63. The summed E-state index contributed by atoms with van der Waals surface area (Å²) in [6.07, 6.45) is -0.613. The van der Waals surface area contributed by atoms with Crippen LogP contribution in [0.4, 0.5) is 0 Å². The van der Waals surface area contributed by atoms with Gasteiger partial charge in [-0.2, -0.15) is 0 Å². The van der Waals surface area contributed by atoms with Gasteiger partial charge in [0.25, 0.3) is 5.91 Å². The highest BCUT2D eigenvalue weighted by Crippen LogP contribution is 2.29. The van der Waals surface area contributed by atoms with Gasteiger partial charge in [-0.05, 0) is 25.1 Å². The maximum atomic E-state index is 12.0. The van der Waals surface area contributed by atoms with E-state index in [1.807, 2.05) is 0 Å². The van der Waals surface area contributed by atoms with Crippen LogP contribution in [-0.4, -0.2) is 41.7 Å². The molecule has 1 aromatic carbocycles. The molecule has 0 spiro atoms. The van der Waals surface area contributed by atoms with E-state index in [0.717, 1.165) is 0 Å². The number of nitrogens with zero attached hydrogens (tertiary/aromatic N) is 1. The number of rotatable bonds is 4. The van der Waals surface area contributed by atoms with E-state index in [4.69, 9.17) is 33.0 Å². The Morgan fingerprint density at radius 2 is 2.21 bits per heavy atom. The topological polar surface area (TPSA) is 49.8 Å². The molecule has 0 bridgehead atoms. The lowest BCUT2D eigenvalue weighted by Gasteiger charge is -2.39. The summed E-state index contributed by atoms with van der Waals surface area (Å²) >= 11 is 11.8. The highest BCUT2D eigenvalue weighted by atomic mass is 35.5. The number of ether oxygens (including phenoxy) is 1. The minimum Gasteiger partial charge on any atom is -0.479 e. The third kappa shape index (κ3) is 3.32. The number of likely N-dealkylation sites (tertiary alicyclic amines) is 1. The molecule has 2 rings (SSSR count). The predicted molar refractivity (Wildman–Crippen MR) is 73.7 cm³/mol. The van der Waals surface area contributed by atoms with Crippen LogP contribution >= 0.6 is 23.2 Å². The van der Waals surface area contributed by atoms with Crippen LogP contribution in [0, 0.1) is 5.92 Å². The summed E-state index contributed by atoms with van der Waals surface area (Å²) in [6, 6.07) is 4.87. The van der Waals surface area contributed by atoms with Crippen LogP contribution in [0.3, 0.4) is 0 Å². The summed E-state index contributed by atoms with van der Waals surface area (Å²) in [7, 11) is 0. The first-order valence-corrected chi connectivity index (χ1v) is 6.78. The van der Waals surface area contributed by atoms with E-state index in [1.165, 1.54) is 0 Å². The Morgan fingerprint density at radius 3 is 2.79 bits per heavy atom. The van der Waals surface area contributed by atoms with E-state index < -0.39 is 6.10 Å². The van der Waals surface area contributed by atoms with Crippen LogP contribution in [0.2, 0.25) is 10.0 Å². The largest absolute Gasteiger partial charge is 0.479 e. The van der Waals surface area contributed by atoms with E-state index in [1.54, 1.807) is 30.0 Å². The number of carbonyl (C=O) groups excluding carboxylic acids is 1. The number of hydrogen-bond donors (Lipinski definition) is 1. The Morgan fingerprint density at radius 1 is 1.53 bits per heavy atom. The molecule has 0 saturated carbocycles. The third-order valence-electron chi connectivity index (χ3n) is 3.07. The van der Waals surface area contributed by atoms with Gasteiger partial charge in [0.2, 0.25) is 0 Å². The van der Waals surface area contributed by atoms with Crippen molar-refractivity contribution in [2.24, 2.45) is 5.92 Å². The fourth-order valence-electron chi connectivity index (χ4n) is 1.93. The summed E-state index contributed by atoms with van der Waals surface area (Å²) in [5.74, 6) is 0.525. The molecular formula is C13H15Cl2NO3. The molecule has 0 radical (unpaired) electrons. The summed E-state index contributed by atoms with van der Waals surface area (Å²) in [6.45, 7) is 2.95. The zero-order valence-electron chi connectivity index (χ0n) is 10.5. The van der Waals surface area contributed by atoms with E-state index >= 15 is 0 Å². The molecule has 1 unspecified atom stereocenters. The van der Waals surface area contributed by atoms with Crippen LogP contribution in [0.25, 0.3) is 0 Å². The molecule has 1 aliphatic rings. The number of aliphatic hydroxyl groups is 1. The van der Waals surface area contributed by atoms with Gasteiger partial charge < -0.3 is 14.7 Å². The maximum Gasteiger partial charge on any atom is 0.263 e. The summed E-state index contributed by atoms with van der Waals surface area (Å²) in [5, 5.41) is 9.82. The zero-order valence-corrected chi connectivity index (χ0v) is 12.0. The van der Waals surface area contributed by atoms with Gasteiger partial charge in [-0.15, -0.1) is 0 Å². The third-order valence-corrected chi connectivity index (χ3v) is 3.60. The number of carbonyl (C=O) groups is 1. The summed E-state index contributed by atoms with van der Waals surface area (Å²) < 4.78 is 5.54. The normalized spacial score (nSPS) is 16.9. The van der Waals surface area contributed by atoms with Gasteiger partial charge in [-0.1, -0.05) is 23.2 Å². The van der Waals surface area contributed by atoms with Crippen LogP contribution < -0.4 is 4.74 Å². The quantitative estimate of drug-likeness (QED) is 0.928. The lowest BCUT2D eigenvalue weighted by molar-refractivity contribution is -0.145. The van der Waals surface area contributed by atoms with E-state index in [2.05, 4.69) is 0 Å². The van der Waals surface area contributed by atoms with E-state index in [-0.39, 0.29) is 18.4 Å². The molecule has 0 aromatic heterocycles. The molecule has 1 aliphatic heterocycles. The van der Waals surface area contributed by atoms with Crippen molar-refractivity contribution in [3.63, 3.8) is 0 Å². The first-order chi connectivity index (χ1) is 9.01. The average molecular weight is 304 g/mol. The SMILES string of the molecule is CC(Oc1ccc(Cl)cc1Cl)C(=O)N1CC(CO)C1. The van der Waals surface area contributed by atoms with Gasteiger partial charge >= 0.3 is 0 Å². The van der Waals surface area contributed by atoms with Crippen molar-refractivity contribution in [2.45, 2.75) is 13.0 Å². The first kappa shape index (κ1) is 14.4. The number of halogens is 2. The minimum absolute atomic E-state index is 0.101. The molecule has 1 fully saturated rings. The molecule has 1 saturated heterocycles. The van der Waals surface area contributed by atoms with Crippen LogP contribution in [0.5, 0.6) is 5.75 Å². The Kier molecular flexibility index (Phi) is 4.55. The van der Waals surface area contributed by atoms with Crippen molar-refractivity contribution in [1.29, 1.82) is 0 Å². The van der Waals surface area contributed by atoms with E-state index in [0.29, 0.717) is 28.9 Å². The average Bonchev–Trinajstić information content (AvgIpc) is 2.31. The van der Waals surface area contributed by atoms with Gasteiger partial charge in [0.15, 0.2) is 6.10 Å². The van der Waals surface area contributed by atoms with Gasteiger partial charge in [0.1, 0.15) is 5.75 Å². The summed E-state index contributed by atoms with van der Waals surface area (Å²) in [5.41, 5.74) is 0. The monoisotopic (exact) mass is 303 g/mol. The molecule has 4 nitrogen and oxygen atoms in total. The maximum absolute atomic E-state index is 12.0. The van der Waals surface area contributed by atoms with Gasteiger partial charge in [0, 0.05) is 30.6 Å². The number of hydrogen-bond acceptors (Lipinski definition) is 3. The molecule has 0 aliphatic carbocycles. The van der Waals surface area contributed by atoms with Gasteiger partial charge in [-0.3, -0.25) is 4.79 Å². The van der Waals surface area contributed by atoms with Crippen molar-refractivity contribution in [3.8, 4) is 5.75 Å². The molecule has 1 amide bonds. The highest BCUT2D eigenvalue weighted by molar-refractivity contribution is 6.35.